The molecule has 1 aliphatic heterocycles. The number of nitrogens with one attached hydrogen (secondary N) is 1. The van der Waals surface area contributed by atoms with Gasteiger partial charge in [0, 0.05) is 13.7 Å². The Hall–Kier alpha value is -1.09. The third kappa shape index (κ3) is 3.39. The average molecular weight is 370 g/mol. The largest absolute Gasteiger partial charge is 0.436 e. The second-order valence-corrected chi connectivity index (χ2v) is 5.74. The van der Waals surface area contributed by atoms with E-state index in [0.717, 1.165) is 17.5 Å². The molecule has 2 atom stereocenters. The molecule has 1 fully saturated rings. The van der Waals surface area contributed by atoms with Crippen molar-refractivity contribution in [3.05, 3.63) is 15.9 Å². The predicted octanol–water partition coefficient (Wildman–Crippen LogP) is 2.50. The Kier molecular flexibility index (Phi) is 4.62. The zero-order chi connectivity index (χ0) is 15.8. The van der Waals surface area contributed by atoms with Crippen molar-refractivity contribution in [2.75, 3.05) is 6.61 Å². The van der Waals surface area contributed by atoms with E-state index in [1.807, 2.05) is 0 Å². The molecule has 118 valence electrons. The number of carbonyl (C=O) groups is 1. The highest BCUT2D eigenvalue weighted by Crippen LogP contribution is 2.35. The summed E-state index contributed by atoms with van der Waals surface area (Å²) in [5, 5.41) is 6.02. The smallest absolute Gasteiger partial charge is 0.376 e. The van der Waals surface area contributed by atoms with Gasteiger partial charge < -0.3 is 10.1 Å². The van der Waals surface area contributed by atoms with Crippen molar-refractivity contribution in [2.24, 2.45) is 7.05 Å². The van der Waals surface area contributed by atoms with E-state index in [0.29, 0.717) is 6.61 Å². The zero-order valence-electron chi connectivity index (χ0n) is 11.5. The molecule has 21 heavy (non-hydrogen) atoms. The van der Waals surface area contributed by atoms with Gasteiger partial charge in [-0.15, -0.1) is 0 Å². The number of halogens is 4. The topological polar surface area (TPSA) is 56.2 Å². The highest BCUT2D eigenvalue weighted by molar-refractivity contribution is 9.10. The molecule has 2 heterocycles. The zero-order valence-corrected chi connectivity index (χ0v) is 13.1. The van der Waals surface area contributed by atoms with E-state index in [2.05, 4.69) is 26.3 Å². The molecule has 1 saturated heterocycles. The van der Waals surface area contributed by atoms with Crippen LogP contribution in [0.2, 0.25) is 0 Å². The number of rotatable bonds is 3. The lowest BCUT2D eigenvalue weighted by Gasteiger charge is -2.20. The van der Waals surface area contributed by atoms with Crippen LogP contribution < -0.4 is 5.32 Å². The van der Waals surface area contributed by atoms with Crippen molar-refractivity contribution in [3.8, 4) is 0 Å². The maximum atomic E-state index is 12.8. The van der Waals surface area contributed by atoms with Crippen LogP contribution in [0, 0.1) is 0 Å². The third-order valence-corrected chi connectivity index (χ3v) is 4.11. The standard InChI is InChI=1S/C12H15BrF3N3O2/c1-6(7-4-3-5-21-7)17-11(20)9-8(13)10(12(14,15)16)18-19(9)2/h6-7H,3-5H2,1-2H3,(H,17,20)/t6-,7-/m1/s1. The van der Waals surface area contributed by atoms with E-state index in [1.54, 1.807) is 6.92 Å². The second-order valence-electron chi connectivity index (χ2n) is 4.95. The quantitative estimate of drug-likeness (QED) is 0.890. The summed E-state index contributed by atoms with van der Waals surface area (Å²) in [5.41, 5.74) is -1.27. The molecule has 0 unspecified atom stereocenters. The Morgan fingerprint density at radius 3 is 2.71 bits per heavy atom. The van der Waals surface area contributed by atoms with Crippen LogP contribution in [0.15, 0.2) is 4.47 Å². The molecule has 1 aliphatic rings. The van der Waals surface area contributed by atoms with Crippen LogP contribution in [0.5, 0.6) is 0 Å². The van der Waals surface area contributed by atoms with Crippen molar-refractivity contribution in [1.82, 2.24) is 15.1 Å². The molecule has 1 aromatic heterocycles. The molecular formula is C12H15BrF3N3O2. The van der Waals surface area contributed by atoms with Crippen LogP contribution >= 0.6 is 15.9 Å². The number of amides is 1. The summed E-state index contributed by atoms with van der Waals surface area (Å²) in [7, 11) is 1.30. The highest BCUT2D eigenvalue weighted by atomic mass is 79.9. The summed E-state index contributed by atoms with van der Waals surface area (Å²) in [4.78, 5) is 12.2. The molecule has 0 aromatic carbocycles. The minimum Gasteiger partial charge on any atom is -0.376 e. The van der Waals surface area contributed by atoms with E-state index in [-0.39, 0.29) is 22.3 Å². The van der Waals surface area contributed by atoms with E-state index in [9.17, 15) is 18.0 Å². The fraction of sp³-hybridized carbons (Fsp3) is 0.667. The van der Waals surface area contributed by atoms with E-state index in [4.69, 9.17) is 4.74 Å². The lowest BCUT2D eigenvalue weighted by atomic mass is 10.1. The molecule has 1 aromatic rings. The maximum absolute atomic E-state index is 12.8. The molecule has 0 bridgehead atoms. The molecule has 1 N–H and O–H groups in total. The molecule has 5 nitrogen and oxygen atoms in total. The molecule has 0 radical (unpaired) electrons. The Morgan fingerprint density at radius 1 is 1.57 bits per heavy atom. The predicted molar refractivity (Wildman–Crippen MR) is 71.8 cm³/mol. The van der Waals surface area contributed by atoms with Gasteiger partial charge in [-0.2, -0.15) is 18.3 Å². The van der Waals surface area contributed by atoms with E-state index in [1.165, 1.54) is 7.05 Å². The number of carbonyl (C=O) groups excluding carboxylic acids is 1. The summed E-state index contributed by atoms with van der Waals surface area (Å²) >= 11 is 2.82. The minimum atomic E-state index is -4.62. The average Bonchev–Trinajstić information content (AvgIpc) is 2.96. The van der Waals surface area contributed by atoms with Gasteiger partial charge in [0.15, 0.2) is 5.69 Å². The lowest BCUT2D eigenvalue weighted by Crippen LogP contribution is -2.41. The molecule has 2 rings (SSSR count). The number of hydrogen-bond acceptors (Lipinski definition) is 3. The molecule has 0 aliphatic carbocycles. The molecule has 0 spiro atoms. The van der Waals surface area contributed by atoms with Crippen LogP contribution in [0.3, 0.4) is 0 Å². The summed E-state index contributed by atoms with van der Waals surface area (Å²) in [6, 6.07) is -0.281. The monoisotopic (exact) mass is 369 g/mol. The highest BCUT2D eigenvalue weighted by Gasteiger charge is 2.39. The summed E-state index contributed by atoms with van der Waals surface area (Å²) < 4.78 is 44.3. The van der Waals surface area contributed by atoms with Gasteiger partial charge in [0.1, 0.15) is 5.69 Å². The first-order valence-electron chi connectivity index (χ1n) is 6.44. The Morgan fingerprint density at radius 2 is 2.24 bits per heavy atom. The van der Waals surface area contributed by atoms with Crippen LogP contribution in [0.4, 0.5) is 13.2 Å². The Bertz CT molecular complexity index is 539. The molecule has 1 amide bonds. The number of nitrogens with zero attached hydrogens (tertiary/aromatic N) is 2. The summed E-state index contributed by atoms with van der Waals surface area (Å²) in [5.74, 6) is -0.615. The lowest BCUT2D eigenvalue weighted by molar-refractivity contribution is -0.142. The summed E-state index contributed by atoms with van der Waals surface area (Å²) in [6.45, 7) is 2.40. The van der Waals surface area contributed by atoms with Gasteiger partial charge >= 0.3 is 6.18 Å². The number of ether oxygens (including phenoxy) is 1. The van der Waals surface area contributed by atoms with Crippen LogP contribution in [0.1, 0.15) is 35.9 Å². The van der Waals surface area contributed by atoms with Crippen molar-refractivity contribution < 1.29 is 22.7 Å². The fourth-order valence-electron chi connectivity index (χ4n) is 2.29. The Labute approximate surface area is 128 Å². The minimum absolute atomic E-state index is 0.108. The van der Waals surface area contributed by atoms with E-state index >= 15 is 0 Å². The van der Waals surface area contributed by atoms with Crippen molar-refractivity contribution in [1.29, 1.82) is 0 Å². The first-order chi connectivity index (χ1) is 9.71. The first kappa shape index (κ1) is 16.3. The van der Waals surface area contributed by atoms with Gasteiger partial charge in [-0.3, -0.25) is 9.48 Å². The molecule has 9 heteroatoms. The van der Waals surface area contributed by atoms with Gasteiger partial charge in [0.2, 0.25) is 0 Å². The number of aryl methyl sites for hydroxylation is 1. The third-order valence-electron chi connectivity index (χ3n) is 3.35. The Balaban J connectivity index is 2.17. The summed E-state index contributed by atoms with van der Waals surface area (Å²) in [6.07, 6.45) is -2.99. The number of aromatic nitrogens is 2. The van der Waals surface area contributed by atoms with Gasteiger partial charge in [-0.1, -0.05) is 0 Å². The first-order valence-corrected chi connectivity index (χ1v) is 7.23. The SMILES string of the molecule is C[C@@H](NC(=O)c1c(Br)c(C(F)(F)F)nn1C)[C@H]1CCCO1. The van der Waals surface area contributed by atoms with Crippen LogP contribution in [-0.2, 0) is 18.0 Å². The van der Waals surface area contributed by atoms with Gasteiger partial charge in [-0.25, -0.2) is 0 Å². The van der Waals surface area contributed by atoms with E-state index < -0.39 is 17.8 Å². The normalized spacial score (nSPS) is 20.6. The van der Waals surface area contributed by atoms with Crippen molar-refractivity contribution in [2.45, 2.75) is 38.1 Å². The van der Waals surface area contributed by atoms with Crippen molar-refractivity contribution in [3.63, 3.8) is 0 Å². The van der Waals surface area contributed by atoms with Gasteiger partial charge in [-0.05, 0) is 35.7 Å². The van der Waals surface area contributed by atoms with Crippen molar-refractivity contribution >= 4 is 21.8 Å². The van der Waals surface area contributed by atoms with Crippen LogP contribution in [0.25, 0.3) is 0 Å². The number of alkyl halides is 3. The number of hydrogen-bond donors (Lipinski definition) is 1. The van der Waals surface area contributed by atoms with Crippen LogP contribution in [-0.4, -0.2) is 34.4 Å². The maximum Gasteiger partial charge on any atom is 0.436 e. The van der Waals surface area contributed by atoms with Gasteiger partial charge in [0.05, 0.1) is 16.6 Å². The molecule has 0 saturated carbocycles. The second kappa shape index (κ2) is 5.96. The molecular weight excluding hydrogens is 355 g/mol. The van der Waals surface area contributed by atoms with Gasteiger partial charge in [0.25, 0.3) is 5.91 Å². The fourth-order valence-corrected chi connectivity index (χ4v) is 3.03.